The predicted octanol–water partition coefficient (Wildman–Crippen LogP) is 3.07. The highest BCUT2D eigenvalue weighted by molar-refractivity contribution is 5.87. The van der Waals surface area contributed by atoms with Crippen molar-refractivity contribution in [2.45, 2.75) is 32.6 Å². The molecule has 0 aromatic rings. The van der Waals surface area contributed by atoms with E-state index in [1.807, 2.05) is 6.92 Å². The highest BCUT2D eigenvalue weighted by atomic mass is 16.5. The molecule has 0 saturated heterocycles. The summed E-state index contributed by atoms with van der Waals surface area (Å²) >= 11 is 0. The van der Waals surface area contributed by atoms with Gasteiger partial charge in [-0.25, -0.2) is 4.79 Å². The molecule has 0 amide bonds. The van der Waals surface area contributed by atoms with Crippen molar-refractivity contribution < 1.29 is 14.3 Å². The lowest BCUT2D eigenvalue weighted by molar-refractivity contribution is -0.136. The van der Waals surface area contributed by atoms with Crippen LogP contribution in [-0.2, 0) is 14.3 Å². The number of carbonyl (C=O) groups is 1. The Morgan fingerprint density at radius 3 is 2.53 bits per heavy atom. The van der Waals surface area contributed by atoms with E-state index in [0.29, 0.717) is 11.8 Å². The van der Waals surface area contributed by atoms with E-state index < -0.39 is 0 Å². The molecule has 0 heterocycles. The van der Waals surface area contributed by atoms with Crippen LogP contribution in [-0.4, -0.2) is 19.7 Å². The van der Waals surface area contributed by atoms with Crippen molar-refractivity contribution >= 4 is 5.97 Å². The maximum absolute atomic E-state index is 11.3. The summed E-state index contributed by atoms with van der Waals surface area (Å²) in [6.45, 7) is 6.14. The largest absolute Gasteiger partial charge is 0.502 e. The molecule has 1 saturated carbocycles. The van der Waals surface area contributed by atoms with Crippen LogP contribution in [0.4, 0.5) is 0 Å². The topological polar surface area (TPSA) is 35.5 Å². The van der Waals surface area contributed by atoms with Gasteiger partial charge in [-0.2, -0.15) is 0 Å². The van der Waals surface area contributed by atoms with Crippen molar-refractivity contribution in [2.75, 3.05) is 13.7 Å². The highest BCUT2D eigenvalue weighted by Crippen LogP contribution is 2.30. The average molecular weight is 238 g/mol. The molecule has 1 aliphatic carbocycles. The minimum Gasteiger partial charge on any atom is -0.502 e. The predicted molar refractivity (Wildman–Crippen MR) is 67.4 cm³/mol. The molecule has 3 nitrogen and oxygen atoms in total. The molecular weight excluding hydrogens is 216 g/mol. The van der Waals surface area contributed by atoms with Crippen LogP contribution in [0.5, 0.6) is 0 Å². The first-order chi connectivity index (χ1) is 8.17. The fraction of sp³-hybridized carbons (Fsp3) is 0.643. The van der Waals surface area contributed by atoms with Crippen LogP contribution in [0.1, 0.15) is 32.6 Å². The van der Waals surface area contributed by atoms with Crippen molar-refractivity contribution in [3.05, 3.63) is 24.5 Å². The molecule has 0 aromatic heterocycles. The lowest BCUT2D eigenvalue weighted by Gasteiger charge is -2.26. The van der Waals surface area contributed by atoms with Crippen LogP contribution in [0.2, 0.25) is 0 Å². The molecular formula is C14H22O3. The first-order valence-corrected chi connectivity index (χ1v) is 6.16. The zero-order valence-electron chi connectivity index (χ0n) is 10.8. The van der Waals surface area contributed by atoms with E-state index in [9.17, 15) is 4.79 Å². The minimum atomic E-state index is -0.220. The van der Waals surface area contributed by atoms with Gasteiger partial charge < -0.3 is 9.47 Å². The molecule has 1 rings (SSSR count). The van der Waals surface area contributed by atoms with E-state index in [4.69, 9.17) is 4.74 Å². The Morgan fingerprint density at radius 1 is 1.35 bits per heavy atom. The molecule has 0 bridgehead atoms. The van der Waals surface area contributed by atoms with Gasteiger partial charge in [0.15, 0.2) is 0 Å². The van der Waals surface area contributed by atoms with Gasteiger partial charge in [0.1, 0.15) is 0 Å². The van der Waals surface area contributed by atoms with Crippen molar-refractivity contribution in [1.82, 2.24) is 0 Å². The third-order valence-corrected chi connectivity index (χ3v) is 3.33. The number of allylic oxidation sites excluding steroid dienone is 1. The normalized spacial score (nSPS) is 25.2. The Kier molecular flexibility index (Phi) is 5.81. The number of rotatable bonds is 5. The first-order valence-electron chi connectivity index (χ1n) is 6.16. The van der Waals surface area contributed by atoms with Crippen molar-refractivity contribution in [3.63, 3.8) is 0 Å². The zero-order chi connectivity index (χ0) is 12.7. The molecule has 1 fully saturated rings. The Labute approximate surface area is 103 Å². The zero-order valence-corrected chi connectivity index (χ0v) is 10.8. The monoisotopic (exact) mass is 238 g/mol. The molecule has 0 aliphatic heterocycles. The summed E-state index contributed by atoms with van der Waals surface area (Å²) in [7, 11) is 1.42. The standard InChI is InChI=1S/C14H22O3/c1-4-17-10-13-7-5-12(6-8-13)9-11(2)14(15)16-3/h4,9,12-13H,1,5-8,10H2,2-3H3/b11-9+. The summed E-state index contributed by atoms with van der Waals surface area (Å²) in [6.07, 6.45) is 8.12. The van der Waals surface area contributed by atoms with Gasteiger partial charge in [-0.15, -0.1) is 0 Å². The summed E-state index contributed by atoms with van der Waals surface area (Å²) in [5.41, 5.74) is 0.721. The quantitative estimate of drug-likeness (QED) is 0.419. The number of hydrogen-bond acceptors (Lipinski definition) is 3. The van der Waals surface area contributed by atoms with Gasteiger partial charge in [-0.3, -0.25) is 0 Å². The van der Waals surface area contributed by atoms with E-state index in [1.54, 1.807) is 0 Å². The van der Waals surface area contributed by atoms with Crippen LogP contribution in [0, 0.1) is 11.8 Å². The molecule has 3 heteroatoms. The molecule has 17 heavy (non-hydrogen) atoms. The van der Waals surface area contributed by atoms with Gasteiger partial charge in [0.05, 0.1) is 20.0 Å². The summed E-state index contributed by atoms with van der Waals surface area (Å²) < 4.78 is 9.91. The summed E-state index contributed by atoms with van der Waals surface area (Å²) in [5.74, 6) is 0.923. The van der Waals surface area contributed by atoms with Crippen molar-refractivity contribution in [3.8, 4) is 0 Å². The summed E-state index contributed by atoms with van der Waals surface area (Å²) in [4.78, 5) is 11.3. The molecule has 0 spiro atoms. The maximum Gasteiger partial charge on any atom is 0.333 e. The number of ether oxygens (including phenoxy) is 2. The van der Waals surface area contributed by atoms with Crippen LogP contribution in [0.3, 0.4) is 0 Å². The molecule has 0 atom stereocenters. The van der Waals surface area contributed by atoms with E-state index in [1.165, 1.54) is 13.4 Å². The van der Waals surface area contributed by atoms with Crippen molar-refractivity contribution in [2.24, 2.45) is 11.8 Å². The van der Waals surface area contributed by atoms with E-state index in [2.05, 4.69) is 17.4 Å². The smallest absolute Gasteiger partial charge is 0.333 e. The number of hydrogen-bond donors (Lipinski definition) is 0. The number of carbonyl (C=O) groups excluding carboxylic acids is 1. The van der Waals surface area contributed by atoms with Gasteiger partial charge in [0, 0.05) is 5.57 Å². The molecule has 0 unspecified atom stereocenters. The third-order valence-electron chi connectivity index (χ3n) is 3.33. The average Bonchev–Trinajstić information content (AvgIpc) is 2.37. The third kappa shape index (κ3) is 4.63. The second-order valence-corrected chi connectivity index (χ2v) is 4.62. The van der Waals surface area contributed by atoms with Gasteiger partial charge in [0.2, 0.25) is 0 Å². The van der Waals surface area contributed by atoms with Gasteiger partial charge in [0.25, 0.3) is 0 Å². The van der Waals surface area contributed by atoms with Crippen LogP contribution in [0.25, 0.3) is 0 Å². The lowest BCUT2D eigenvalue weighted by atomic mass is 9.81. The van der Waals surface area contributed by atoms with Crippen LogP contribution in [0.15, 0.2) is 24.5 Å². The van der Waals surface area contributed by atoms with Gasteiger partial charge >= 0.3 is 5.97 Å². The molecule has 96 valence electrons. The van der Waals surface area contributed by atoms with Gasteiger partial charge in [-0.1, -0.05) is 12.7 Å². The number of methoxy groups -OCH3 is 1. The Balaban J connectivity index is 2.36. The fourth-order valence-electron chi connectivity index (χ4n) is 2.31. The maximum atomic E-state index is 11.3. The van der Waals surface area contributed by atoms with Crippen LogP contribution < -0.4 is 0 Å². The highest BCUT2D eigenvalue weighted by Gasteiger charge is 2.20. The number of esters is 1. The Bertz CT molecular complexity index is 286. The lowest BCUT2D eigenvalue weighted by Crippen LogP contribution is -2.17. The first kappa shape index (κ1) is 13.8. The van der Waals surface area contributed by atoms with Crippen LogP contribution >= 0.6 is 0 Å². The molecule has 0 N–H and O–H groups in total. The second kappa shape index (κ2) is 7.15. The summed E-state index contributed by atoms with van der Waals surface area (Å²) in [5, 5.41) is 0. The molecule has 0 radical (unpaired) electrons. The Hall–Kier alpha value is -1.25. The van der Waals surface area contributed by atoms with E-state index in [-0.39, 0.29) is 5.97 Å². The fourth-order valence-corrected chi connectivity index (χ4v) is 2.31. The van der Waals surface area contributed by atoms with Crippen molar-refractivity contribution in [1.29, 1.82) is 0 Å². The Morgan fingerprint density at radius 2 is 2.00 bits per heavy atom. The van der Waals surface area contributed by atoms with E-state index >= 15 is 0 Å². The molecule has 0 aromatic carbocycles. The minimum absolute atomic E-state index is 0.220. The second-order valence-electron chi connectivity index (χ2n) is 4.62. The molecule has 1 aliphatic rings. The summed E-state index contributed by atoms with van der Waals surface area (Å²) in [6, 6.07) is 0. The SMILES string of the molecule is C=COCC1CCC(/C=C(\C)C(=O)OC)CC1. The van der Waals surface area contributed by atoms with Gasteiger partial charge in [-0.05, 0) is 44.4 Å². The van der Waals surface area contributed by atoms with E-state index in [0.717, 1.165) is 37.9 Å².